The summed E-state index contributed by atoms with van der Waals surface area (Å²) < 4.78 is 0.524. The van der Waals surface area contributed by atoms with Gasteiger partial charge < -0.3 is 4.98 Å². The van der Waals surface area contributed by atoms with Gasteiger partial charge in [-0.15, -0.1) is 11.3 Å². The summed E-state index contributed by atoms with van der Waals surface area (Å²) in [6.45, 7) is 0. The van der Waals surface area contributed by atoms with Crippen LogP contribution in [-0.4, -0.2) is 15.0 Å². The fourth-order valence-corrected chi connectivity index (χ4v) is 2.64. The highest BCUT2D eigenvalue weighted by atomic mass is 32.1. The lowest BCUT2D eigenvalue weighted by Crippen LogP contribution is -2.20. The highest BCUT2D eigenvalue weighted by Gasteiger charge is 2.07. The summed E-state index contributed by atoms with van der Waals surface area (Å²) in [5, 5.41) is 0. The Bertz CT molecular complexity index is 786. The third-order valence-electron chi connectivity index (χ3n) is 2.38. The minimum Gasteiger partial charge on any atom is -0.306 e. The fourth-order valence-electron chi connectivity index (χ4n) is 1.62. The number of rotatable bonds is 1. The van der Waals surface area contributed by atoms with Crippen molar-refractivity contribution in [3.05, 3.63) is 51.4 Å². The summed E-state index contributed by atoms with van der Waals surface area (Å²) in [6.07, 6.45) is 3.37. The van der Waals surface area contributed by atoms with Gasteiger partial charge in [-0.05, 0) is 23.8 Å². The van der Waals surface area contributed by atoms with E-state index in [0.717, 1.165) is 10.4 Å². The first-order valence-corrected chi connectivity index (χ1v) is 5.72. The summed E-state index contributed by atoms with van der Waals surface area (Å²) in [5.41, 5.74) is 0.702. The molecule has 0 aliphatic rings. The number of H-pyrrole nitrogens is 2. The van der Waals surface area contributed by atoms with Gasteiger partial charge >= 0.3 is 5.69 Å². The quantitative estimate of drug-likeness (QED) is 0.679. The third kappa shape index (κ3) is 1.68. The molecule has 3 aromatic heterocycles. The Morgan fingerprint density at radius 1 is 1.12 bits per heavy atom. The summed E-state index contributed by atoms with van der Waals surface area (Å²) in [7, 11) is 0. The van der Waals surface area contributed by atoms with E-state index in [1.165, 1.54) is 11.3 Å². The summed E-state index contributed by atoms with van der Waals surface area (Å²) in [4.78, 5) is 32.4. The standard InChI is InChI=1S/C11H7N3O2S/c15-10-9-7(13-11(16)14-10)5-8(17-9)6-1-3-12-4-2-6/h1-5H,(H2,13,14,15,16). The van der Waals surface area contributed by atoms with E-state index < -0.39 is 5.69 Å². The molecule has 2 N–H and O–H groups in total. The molecule has 0 aliphatic heterocycles. The van der Waals surface area contributed by atoms with Gasteiger partial charge in [0, 0.05) is 17.3 Å². The van der Waals surface area contributed by atoms with E-state index >= 15 is 0 Å². The molecule has 0 unspecified atom stereocenters. The minimum absolute atomic E-state index is 0.353. The average molecular weight is 245 g/mol. The number of hydrogen-bond acceptors (Lipinski definition) is 4. The Balaban J connectivity index is 2.31. The molecule has 84 valence electrons. The van der Waals surface area contributed by atoms with Crippen LogP contribution in [0.2, 0.25) is 0 Å². The maximum Gasteiger partial charge on any atom is 0.326 e. The molecular weight excluding hydrogens is 238 g/mol. The molecule has 0 radical (unpaired) electrons. The zero-order valence-corrected chi connectivity index (χ0v) is 9.38. The van der Waals surface area contributed by atoms with Crippen LogP contribution in [0, 0.1) is 0 Å². The van der Waals surface area contributed by atoms with Crippen LogP contribution < -0.4 is 11.2 Å². The van der Waals surface area contributed by atoms with Gasteiger partial charge in [-0.25, -0.2) is 4.79 Å². The average Bonchev–Trinajstić information content (AvgIpc) is 2.74. The monoisotopic (exact) mass is 245 g/mol. The smallest absolute Gasteiger partial charge is 0.306 e. The van der Waals surface area contributed by atoms with Crippen molar-refractivity contribution in [1.29, 1.82) is 0 Å². The SMILES string of the molecule is O=c1[nH]c(=O)c2sc(-c3ccncc3)cc2[nH]1. The van der Waals surface area contributed by atoms with Gasteiger partial charge in [0.2, 0.25) is 0 Å². The molecule has 0 atom stereocenters. The Kier molecular flexibility index (Phi) is 2.15. The Hall–Kier alpha value is -2.21. The van der Waals surface area contributed by atoms with Crippen molar-refractivity contribution in [3.8, 4) is 10.4 Å². The van der Waals surface area contributed by atoms with Crippen molar-refractivity contribution >= 4 is 21.6 Å². The van der Waals surface area contributed by atoms with Gasteiger partial charge in [-0.1, -0.05) is 0 Å². The summed E-state index contributed by atoms with van der Waals surface area (Å²) >= 11 is 1.34. The lowest BCUT2D eigenvalue weighted by atomic mass is 10.2. The van der Waals surface area contributed by atoms with E-state index in [4.69, 9.17) is 0 Å². The number of thiophene rings is 1. The van der Waals surface area contributed by atoms with E-state index in [9.17, 15) is 9.59 Å². The number of aromatic amines is 2. The van der Waals surface area contributed by atoms with E-state index in [-0.39, 0.29) is 5.56 Å². The molecule has 6 heteroatoms. The molecular formula is C11H7N3O2S. The second-order valence-corrected chi connectivity index (χ2v) is 4.55. The number of fused-ring (bicyclic) bond motifs is 1. The van der Waals surface area contributed by atoms with E-state index in [1.54, 1.807) is 18.5 Å². The van der Waals surface area contributed by atoms with Crippen LogP contribution in [0.3, 0.4) is 0 Å². The molecule has 3 heterocycles. The van der Waals surface area contributed by atoms with E-state index in [1.807, 2.05) is 12.1 Å². The van der Waals surface area contributed by atoms with Gasteiger partial charge in [0.15, 0.2) is 0 Å². The van der Waals surface area contributed by atoms with Crippen LogP contribution in [0.15, 0.2) is 40.2 Å². The first-order chi connectivity index (χ1) is 8.24. The molecule has 3 aromatic rings. The third-order valence-corrected chi connectivity index (χ3v) is 3.56. The lowest BCUT2D eigenvalue weighted by molar-refractivity contribution is 1.09. The zero-order valence-electron chi connectivity index (χ0n) is 8.56. The first-order valence-electron chi connectivity index (χ1n) is 4.90. The number of pyridine rings is 1. The zero-order chi connectivity index (χ0) is 11.8. The fraction of sp³-hybridized carbons (Fsp3) is 0. The van der Waals surface area contributed by atoms with Crippen LogP contribution in [0.5, 0.6) is 0 Å². The second kappa shape index (κ2) is 3.67. The van der Waals surface area contributed by atoms with Crippen molar-refractivity contribution in [3.63, 3.8) is 0 Å². The first kappa shape index (κ1) is 9.98. The number of nitrogens with one attached hydrogen (secondary N) is 2. The number of aromatic nitrogens is 3. The van der Waals surface area contributed by atoms with Crippen molar-refractivity contribution in [2.24, 2.45) is 0 Å². The van der Waals surface area contributed by atoms with E-state index in [2.05, 4.69) is 15.0 Å². The van der Waals surface area contributed by atoms with E-state index in [0.29, 0.717) is 10.2 Å². The van der Waals surface area contributed by atoms with Crippen molar-refractivity contribution in [1.82, 2.24) is 15.0 Å². The number of hydrogen-bond donors (Lipinski definition) is 2. The predicted octanol–water partition coefficient (Wildman–Crippen LogP) is 1.34. The second-order valence-electron chi connectivity index (χ2n) is 3.50. The summed E-state index contributed by atoms with van der Waals surface area (Å²) in [6, 6.07) is 5.51. The molecule has 5 nitrogen and oxygen atoms in total. The predicted molar refractivity (Wildman–Crippen MR) is 66.3 cm³/mol. The molecule has 0 aliphatic carbocycles. The molecule has 3 rings (SSSR count). The molecule has 0 fully saturated rings. The van der Waals surface area contributed by atoms with Gasteiger partial charge in [0.05, 0.1) is 5.52 Å². The normalized spacial score (nSPS) is 10.8. The molecule has 0 spiro atoms. The Morgan fingerprint density at radius 3 is 2.65 bits per heavy atom. The molecule has 17 heavy (non-hydrogen) atoms. The largest absolute Gasteiger partial charge is 0.326 e. The highest BCUT2D eigenvalue weighted by molar-refractivity contribution is 7.22. The van der Waals surface area contributed by atoms with Gasteiger partial charge in [-0.3, -0.25) is 14.8 Å². The van der Waals surface area contributed by atoms with Gasteiger partial charge in [-0.2, -0.15) is 0 Å². The van der Waals surface area contributed by atoms with Crippen molar-refractivity contribution in [2.75, 3.05) is 0 Å². The van der Waals surface area contributed by atoms with Crippen LogP contribution in [0.4, 0.5) is 0 Å². The summed E-state index contributed by atoms with van der Waals surface area (Å²) in [5.74, 6) is 0. The Labute approximate surface area is 98.8 Å². The maximum atomic E-state index is 11.6. The molecule has 0 amide bonds. The van der Waals surface area contributed by atoms with Crippen LogP contribution in [-0.2, 0) is 0 Å². The van der Waals surface area contributed by atoms with Crippen molar-refractivity contribution < 1.29 is 0 Å². The van der Waals surface area contributed by atoms with Crippen molar-refractivity contribution in [2.45, 2.75) is 0 Å². The highest BCUT2D eigenvalue weighted by Crippen LogP contribution is 2.29. The molecule has 0 aromatic carbocycles. The molecule has 0 bridgehead atoms. The van der Waals surface area contributed by atoms with Crippen LogP contribution in [0.25, 0.3) is 20.7 Å². The lowest BCUT2D eigenvalue weighted by Gasteiger charge is -1.92. The molecule has 0 saturated heterocycles. The van der Waals surface area contributed by atoms with Crippen LogP contribution in [0.1, 0.15) is 0 Å². The Morgan fingerprint density at radius 2 is 1.88 bits per heavy atom. The van der Waals surface area contributed by atoms with Crippen LogP contribution >= 0.6 is 11.3 Å². The van der Waals surface area contributed by atoms with Gasteiger partial charge in [0.25, 0.3) is 5.56 Å². The minimum atomic E-state index is -0.485. The maximum absolute atomic E-state index is 11.6. The van der Waals surface area contributed by atoms with Gasteiger partial charge in [0.1, 0.15) is 4.70 Å². The number of nitrogens with zero attached hydrogens (tertiary/aromatic N) is 1. The topological polar surface area (TPSA) is 78.6 Å². The molecule has 0 saturated carbocycles.